The summed E-state index contributed by atoms with van der Waals surface area (Å²) in [6.45, 7) is 2.48. The molecule has 0 aliphatic heterocycles. The molecule has 0 saturated heterocycles. The van der Waals surface area contributed by atoms with Crippen molar-refractivity contribution in [1.29, 1.82) is 0 Å². The van der Waals surface area contributed by atoms with Crippen LogP contribution in [0.5, 0.6) is 0 Å². The lowest BCUT2D eigenvalue weighted by Crippen LogP contribution is -2.28. The third kappa shape index (κ3) is 4.30. The molecule has 2 aromatic carbocycles. The molecule has 0 saturated carbocycles. The second-order valence-electron chi connectivity index (χ2n) is 6.66. The van der Waals surface area contributed by atoms with Gasteiger partial charge in [0.05, 0.1) is 27.7 Å². The minimum Gasteiger partial charge on any atom is -0.350 e. The summed E-state index contributed by atoms with van der Waals surface area (Å²) in [4.78, 5) is 12.5. The zero-order chi connectivity index (χ0) is 20.2. The van der Waals surface area contributed by atoms with Gasteiger partial charge in [-0.1, -0.05) is 48.5 Å². The lowest BCUT2D eigenvalue weighted by atomic mass is 10.1. The van der Waals surface area contributed by atoms with E-state index in [9.17, 15) is 4.79 Å². The van der Waals surface area contributed by atoms with Gasteiger partial charge in [-0.05, 0) is 35.0 Å². The highest BCUT2D eigenvalue weighted by molar-refractivity contribution is 9.10. The van der Waals surface area contributed by atoms with E-state index in [-0.39, 0.29) is 12.5 Å². The molecule has 0 aliphatic carbocycles. The van der Waals surface area contributed by atoms with Crippen LogP contribution < -0.4 is 5.32 Å². The fourth-order valence-corrected chi connectivity index (χ4v) is 3.36. The zero-order valence-corrected chi connectivity index (χ0v) is 17.5. The second kappa shape index (κ2) is 8.45. The predicted octanol–water partition coefficient (Wildman–Crippen LogP) is 4.12. The average molecular weight is 450 g/mol. The summed E-state index contributed by atoms with van der Waals surface area (Å²) in [7, 11) is 0. The van der Waals surface area contributed by atoms with Gasteiger partial charge in [-0.15, -0.1) is 0 Å². The molecule has 29 heavy (non-hydrogen) atoms. The summed E-state index contributed by atoms with van der Waals surface area (Å²) < 4.78 is 4.41. The van der Waals surface area contributed by atoms with Crippen LogP contribution in [-0.2, 0) is 17.9 Å². The zero-order valence-electron chi connectivity index (χ0n) is 15.9. The van der Waals surface area contributed by atoms with Gasteiger partial charge in [0.1, 0.15) is 6.54 Å². The van der Waals surface area contributed by atoms with Gasteiger partial charge < -0.3 is 5.32 Å². The number of hydrogen-bond acceptors (Lipinski definition) is 3. The number of carbonyl (C=O) groups is 1. The summed E-state index contributed by atoms with van der Waals surface area (Å²) in [5.41, 5.74) is 4.71. The van der Waals surface area contributed by atoms with Gasteiger partial charge in [-0.25, -0.2) is 4.68 Å². The molecule has 146 valence electrons. The Kier molecular flexibility index (Phi) is 5.57. The summed E-state index contributed by atoms with van der Waals surface area (Å²) >= 11 is 3.42. The minimum absolute atomic E-state index is 0.102. The van der Waals surface area contributed by atoms with Crippen molar-refractivity contribution in [3.8, 4) is 16.9 Å². The van der Waals surface area contributed by atoms with Crippen LogP contribution in [0.3, 0.4) is 0 Å². The molecule has 0 fully saturated rings. The van der Waals surface area contributed by atoms with Gasteiger partial charge in [0.15, 0.2) is 0 Å². The quantitative estimate of drug-likeness (QED) is 0.481. The third-order valence-electron chi connectivity index (χ3n) is 4.67. The van der Waals surface area contributed by atoms with E-state index >= 15 is 0 Å². The van der Waals surface area contributed by atoms with Gasteiger partial charge >= 0.3 is 0 Å². The van der Waals surface area contributed by atoms with Crippen LogP contribution >= 0.6 is 15.9 Å². The Morgan fingerprint density at radius 3 is 2.41 bits per heavy atom. The van der Waals surface area contributed by atoms with Crippen molar-refractivity contribution in [1.82, 2.24) is 24.9 Å². The number of hydrogen-bond donors (Lipinski definition) is 1. The molecule has 6 nitrogen and oxygen atoms in total. The Morgan fingerprint density at radius 2 is 1.76 bits per heavy atom. The van der Waals surface area contributed by atoms with Crippen LogP contribution in [0.25, 0.3) is 16.9 Å². The molecular weight excluding hydrogens is 430 g/mol. The number of halogens is 1. The van der Waals surface area contributed by atoms with E-state index in [1.165, 1.54) is 0 Å². The largest absolute Gasteiger partial charge is 0.350 e. The van der Waals surface area contributed by atoms with Gasteiger partial charge in [0.25, 0.3) is 0 Å². The number of amides is 1. The normalized spacial score (nSPS) is 10.8. The van der Waals surface area contributed by atoms with Crippen molar-refractivity contribution in [2.75, 3.05) is 0 Å². The van der Waals surface area contributed by atoms with Crippen LogP contribution in [0.4, 0.5) is 0 Å². The van der Waals surface area contributed by atoms with Crippen molar-refractivity contribution in [2.45, 2.75) is 20.0 Å². The fraction of sp³-hybridized carbons (Fsp3) is 0.136. The Morgan fingerprint density at radius 1 is 1.07 bits per heavy atom. The van der Waals surface area contributed by atoms with Gasteiger partial charge in [-0.2, -0.15) is 10.2 Å². The number of aromatic nitrogens is 4. The van der Waals surface area contributed by atoms with E-state index in [0.29, 0.717) is 6.54 Å². The molecule has 0 bridgehead atoms. The Bertz CT molecular complexity index is 1120. The maximum Gasteiger partial charge on any atom is 0.242 e. The first-order valence-corrected chi connectivity index (χ1v) is 10.0. The molecule has 2 aromatic heterocycles. The van der Waals surface area contributed by atoms with E-state index in [4.69, 9.17) is 5.10 Å². The SMILES string of the molecule is Cc1c(Br)cnn1CC(=O)NCc1cn(-c2ccccc2)nc1-c1ccccc1. The first-order valence-electron chi connectivity index (χ1n) is 9.26. The average Bonchev–Trinajstić information content (AvgIpc) is 3.32. The van der Waals surface area contributed by atoms with E-state index in [1.807, 2.05) is 78.5 Å². The fourth-order valence-electron chi connectivity index (χ4n) is 3.06. The monoisotopic (exact) mass is 449 g/mol. The van der Waals surface area contributed by atoms with Crippen LogP contribution in [0.1, 0.15) is 11.3 Å². The number of nitrogens with one attached hydrogen (secondary N) is 1. The highest BCUT2D eigenvalue weighted by Crippen LogP contribution is 2.23. The molecule has 4 rings (SSSR count). The first kappa shape index (κ1) is 19.1. The molecule has 0 atom stereocenters. The summed E-state index contributed by atoms with van der Waals surface area (Å²) in [5.74, 6) is -0.102. The molecule has 1 amide bonds. The summed E-state index contributed by atoms with van der Waals surface area (Å²) in [6, 6.07) is 19.9. The topological polar surface area (TPSA) is 64.7 Å². The third-order valence-corrected chi connectivity index (χ3v) is 5.45. The lowest BCUT2D eigenvalue weighted by Gasteiger charge is -2.07. The molecule has 0 unspecified atom stereocenters. The van der Waals surface area contributed by atoms with Crippen molar-refractivity contribution >= 4 is 21.8 Å². The van der Waals surface area contributed by atoms with E-state index < -0.39 is 0 Å². The Balaban J connectivity index is 1.56. The molecule has 7 heteroatoms. The van der Waals surface area contributed by atoms with Crippen LogP contribution in [0.15, 0.2) is 77.5 Å². The van der Waals surface area contributed by atoms with Crippen molar-refractivity contribution in [3.63, 3.8) is 0 Å². The molecule has 0 radical (unpaired) electrons. The molecule has 0 aliphatic rings. The highest BCUT2D eigenvalue weighted by atomic mass is 79.9. The van der Waals surface area contributed by atoms with Crippen LogP contribution in [0.2, 0.25) is 0 Å². The van der Waals surface area contributed by atoms with E-state index in [0.717, 1.165) is 32.7 Å². The number of rotatable bonds is 6. The summed E-state index contributed by atoms with van der Waals surface area (Å²) in [5, 5.41) is 12.0. The second-order valence-corrected chi connectivity index (χ2v) is 7.52. The lowest BCUT2D eigenvalue weighted by molar-refractivity contribution is -0.122. The molecule has 2 heterocycles. The van der Waals surface area contributed by atoms with Crippen LogP contribution in [-0.4, -0.2) is 25.5 Å². The molecule has 4 aromatic rings. The van der Waals surface area contributed by atoms with Crippen LogP contribution in [0, 0.1) is 6.92 Å². The summed E-state index contributed by atoms with van der Waals surface area (Å²) in [6.07, 6.45) is 3.66. The van der Waals surface area contributed by atoms with Crippen molar-refractivity contribution in [2.24, 2.45) is 0 Å². The van der Waals surface area contributed by atoms with Crippen molar-refractivity contribution in [3.05, 3.63) is 88.8 Å². The van der Waals surface area contributed by atoms with Gasteiger partial charge in [-0.3, -0.25) is 9.48 Å². The van der Waals surface area contributed by atoms with Gasteiger partial charge in [0.2, 0.25) is 5.91 Å². The molecule has 0 spiro atoms. The number of benzene rings is 2. The Hall–Kier alpha value is -3.19. The van der Waals surface area contributed by atoms with E-state index in [2.05, 4.69) is 26.3 Å². The number of carbonyl (C=O) groups excluding carboxylic acids is 1. The standard InChI is InChI=1S/C22H20BrN5O/c1-16-20(23)13-25-27(16)15-21(29)24-12-18-14-28(19-10-6-3-7-11-19)26-22(18)17-8-4-2-5-9-17/h2-11,13-14H,12,15H2,1H3,(H,24,29). The van der Waals surface area contributed by atoms with E-state index in [1.54, 1.807) is 10.9 Å². The maximum absolute atomic E-state index is 12.5. The Labute approximate surface area is 177 Å². The number of nitrogens with zero attached hydrogens (tertiary/aromatic N) is 4. The minimum atomic E-state index is -0.102. The van der Waals surface area contributed by atoms with Gasteiger partial charge in [0, 0.05) is 23.9 Å². The first-order chi connectivity index (χ1) is 14.1. The van der Waals surface area contributed by atoms with Crippen molar-refractivity contribution < 1.29 is 4.79 Å². The molecular formula is C22H20BrN5O. The smallest absolute Gasteiger partial charge is 0.242 e. The molecule has 1 N–H and O–H groups in total. The predicted molar refractivity (Wildman–Crippen MR) is 116 cm³/mol. The highest BCUT2D eigenvalue weighted by Gasteiger charge is 2.14. The number of para-hydroxylation sites is 1. The maximum atomic E-state index is 12.5.